The van der Waals surface area contributed by atoms with E-state index >= 15 is 0 Å². The van der Waals surface area contributed by atoms with Crippen LogP contribution in [0.1, 0.15) is 24.9 Å². The third-order valence-corrected chi connectivity index (χ3v) is 3.24. The van der Waals surface area contributed by atoms with Gasteiger partial charge in [0.15, 0.2) is 0 Å². The van der Waals surface area contributed by atoms with Crippen LogP contribution in [0.15, 0.2) is 29.2 Å². The Morgan fingerprint density at radius 1 is 1.56 bits per heavy atom. The lowest BCUT2D eigenvalue weighted by molar-refractivity contribution is -0.120. The summed E-state index contributed by atoms with van der Waals surface area (Å²) in [5.74, 6) is 1.95. The average molecular weight is 266 g/mol. The number of terminal acetylenes is 1. The summed E-state index contributed by atoms with van der Waals surface area (Å²) in [5.41, 5.74) is 0.645. The van der Waals surface area contributed by atoms with E-state index in [1.165, 1.54) is 12.1 Å². The smallest absolute Gasteiger partial charge is 0.238 e. The Kier molecular flexibility index (Phi) is 4.48. The highest BCUT2D eigenvalue weighted by atomic mass is 32.2. The number of primary sulfonamides is 1. The van der Waals surface area contributed by atoms with Crippen LogP contribution in [0.25, 0.3) is 0 Å². The highest BCUT2D eigenvalue weighted by Gasteiger charge is 2.12. The highest BCUT2D eigenvalue weighted by molar-refractivity contribution is 7.89. The second kappa shape index (κ2) is 5.67. The van der Waals surface area contributed by atoms with E-state index in [-0.39, 0.29) is 23.3 Å². The number of carbonyl (C=O) groups is 1. The van der Waals surface area contributed by atoms with Gasteiger partial charge < -0.3 is 5.32 Å². The van der Waals surface area contributed by atoms with E-state index in [2.05, 4.69) is 11.2 Å². The molecule has 1 rings (SSSR count). The van der Waals surface area contributed by atoms with Crippen LogP contribution < -0.4 is 10.5 Å². The Labute approximate surface area is 106 Å². The predicted octanol–water partition coefficient (Wildman–Crippen LogP) is 0.535. The number of amides is 1. The summed E-state index contributed by atoms with van der Waals surface area (Å²) in [5, 5.41) is 7.69. The van der Waals surface area contributed by atoms with Gasteiger partial charge in [-0.1, -0.05) is 18.1 Å². The van der Waals surface area contributed by atoms with Crippen molar-refractivity contribution in [1.82, 2.24) is 5.32 Å². The van der Waals surface area contributed by atoms with Crippen molar-refractivity contribution in [2.75, 3.05) is 0 Å². The standard InChI is InChI=1S/C12H14N2O3S/c1-3-5-12(15)14-9(2)10-6-4-7-11(8-10)18(13,16)17/h1,4,6-9H,5H2,2H3,(H,14,15)(H2,13,16,17). The molecule has 18 heavy (non-hydrogen) atoms. The molecular formula is C12H14N2O3S. The predicted molar refractivity (Wildman–Crippen MR) is 67.8 cm³/mol. The van der Waals surface area contributed by atoms with E-state index in [1.54, 1.807) is 19.1 Å². The van der Waals surface area contributed by atoms with Crippen LogP contribution in [0.3, 0.4) is 0 Å². The van der Waals surface area contributed by atoms with Crippen molar-refractivity contribution in [3.8, 4) is 12.3 Å². The molecule has 0 radical (unpaired) electrons. The number of sulfonamides is 1. The summed E-state index contributed by atoms with van der Waals surface area (Å²) in [7, 11) is -3.74. The van der Waals surface area contributed by atoms with Crippen LogP contribution in [-0.2, 0) is 14.8 Å². The monoisotopic (exact) mass is 266 g/mol. The van der Waals surface area contributed by atoms with Gasteiger partial charge in [-0.15, -0.1) is 6.42 Å². The number of carbonyl (C=O) groups excluding carboxylic acids is 1. The summed E-state index contributed by atoms with van der Waals surface area (Å²) in [6.45, 7) is 1.73. The minimum Gasteiger partial charge on any atom is -0.349 e. The zero-order valence-corrected chi connectivity index (χ0v) is 10.7. The lowest BCUT2D eigenvalue weighted by Gasteiger charge is -2.14. The maximum absolute atomic E-state index is 11.3. The summed E-state index contributed by atoms with van der Waals surface area (Å²) >= 11 is 0. The summed E-state index contributed by atoms with van der Waals surface area (Å²) in [6, 6.07) is 5.76. The second-order valence-corrected chi connectivity index (χ2v) is 5.35. The second-order valence-electron chi connectivity index (χ2n) is 3.79. The first-order valence-corrected chi connectivity index (χ1v) is 6.75. The lowest BCUT2D eigenvalue weighted by atomic mass is 10.1. The van der Waals surface area contributed by atoms with Crippen LogP contribution in [0.5, 0.6) is 0 Å². The Morgan fingerprint density at radius 2 is 2.22 bits per heavy atom. The van der Waals surface area contributed by atoms with Crippen LogP contribution in [0, 0.1) is 12.3 Å². The summed E-state index contributed by atoms with van der Waals surface area (Å²) < 4.78 is 22.4. The fourth-order valence-corrected chi connectivity index (χ4v) is 2.00. The van der Waals surface area contributed by atoms with Gasteiger partial charge in [-0.2, -0.15) is 0 Å². The van der Waals surface area contributed by atoms with Gasteiger partial charge in [-0.05, 0) is 24.6 Å². The van der Waals surface area contributed by atoms with Crippen LogP contribution >= 0.6 is 0 Å². The van der Waals surface area contributed by atoms with Crippen molar-refractivity contribution in [1.29, 1.82) is 0 Å². The van der Waals surface area contributed by atoms with Crippen molar-refractivity contribution in [2.45, 2.75) is 24.3 Å². The molecule has 0 aromatic heterocycles. The lowest BCUT2D eigenvalue weighted by Crippen LogP contribution is -2.26. The molecule has 5 nitrogen and oxygen atoms in total. The first kappa shape index (κ1) is 14.2. The number of nitrogens with two attached hydrogens (primary N) is 1. The molecule has 6 heteroatoms. The SMILES string of the molecule is C#CCC(=O)NC(C)c1cccc(S(N)(=O)=O)c1. The van der Waals surface area contributed by atoms with Gasteiger partial charge in [-0.25, -0.2) is 13.6 Å². The quantitative estimate of drug-likeness (QED) is 0.779. The molecule has 0 heterocycles. The molecule has 0 spiro atoms. The van der Waals surface area contributed by atoms with Gasteiger partial charge in [-0.3, -0.25) is 4.79 Å². The maximum atomic E-state index is 11.3. The zero-order chi connectivity index (χ0) is 13.8. The topological polar surface area (TPSA) is 89.3 Å². The Hall–Kier alpha value is -1.84. The van der Waals surface area contributed by atoms with E-state index in [1.807, 2.05) is 0 Å². The molecule has 0 aliphatic rings. The fourth-order valence-electron chi connectivity index (χ4n) is 1.43. The van der Waals surface area contributed by atoms with Gasteiger partial charge >= 0.3 is 0 Å². The van der Waals surface area contributed by atoms with Gasteiger partial charge in [0.2, 0.25) is 15.9 Å². The Morgan fingerprint density at radius 3 is 2.78 bits per heavy atom. The van der Waals surface area contributed by atoms with E-state index in [9.17, 15) is 13.2 Å². The molecular weight excluding hydrogens is 252 g/mol. The number of hydrogen-bond donors (Lipinski definition) is 2. The number of nitrogens with one attached hydrogen (secondary N) is 1. The molecule has 0 aliphatic carbocycles. The molecule has 0 saturated carbocycles. The van der Waals surface area contributed by atoms with E-state index in [4.69, 9.17) is 11.6 Å². The maximum Gasteiger partial charge on any atom is 0.238 e. The highest BCUT2D eigenvalue weighted by Crippen LogP contribution is 2.16. The number of benzene rings is 1. The fraction of sp³-hybridized carbons (Fsp3) is 0.250. The number of hydrogen-bond acceptors (Lipinski definition) is 3. The third-order valence-electron chi connectivity index (χ3n) is 2.33. The molecule has 96 valence electrons. The average Bonchev–Trinajstić information content (AvgIpc) is 2.28. The first-order valence-electron chi connectivity index (χ1n) is 5.20. The van der Waals surface area contributed by atoms with Crippen molar-refractivity contribution < 1.29 is 13.2 Å². The molecule has 3 N–H and O–H groups in total. The minimum atomic E-state index is -3.74. The molecule has 1 unspecified atom stereocenters. The zero-order valence-electron chi connectivity index (χ0n) is 9.88. The van der Waals surface area contributed by atoms with Gasteiger partial charge in [0.1, 0.15) is 0 Å². The molecule has 0 saturated heterocycles. The van der Waals surface area contributed by atoms with E-state index < -0.39 is 10.0 Å². The molecule has 0 aliphatic heterocycles. The molecule has 0 fully saturated rings. The van der Waals surface area contributed by atoms with E-state index in [0.29, 0.717) is 5.56 Å². The number of rotatable bonds is 4. The molecule has 0 bridgehead atoms. The summed E-state index contributed by atoms with van der Waals surface area (Å²) in [6.07, 6.45) is 5.00. The Balaban J connectivity index is 2.91. The molecule has 1 aromatic rings. The van der Waals surface area contributed by atoms with Gasteiger partial charge in [0, 0.05) is 0 Å². The normalized spacial score (nSPS) is 12.5. The molecule has 1 aromatic carbocycles. The Bertz CT molecular complexity index is 588. The minimum absolute atomic E-state index is 0.0121. The molecule has 1 amide bonds. The first-order chi connectivity index (χ1) is 8.34. The molecule has 1 atom stereocenters. The van der Waals surface area contributed by atoms with Crippen molar-refractivity contribution in [3.63, 3.8) is 0 Å². The summed E-state index contributed by atoms with van der Waals surface area (Å²) in [4.78, 5) is 11.3. The largest absolute Gasteiger partial charge is 0.349 e. The van der Waals surface area contributed by atoms with E-state index in [0.717, 1.165) is 0 Å². The van der Waals surface area contributed by atoms with Crippen molar-refractivity contribution >= 4 is 15.9 Å². The van der Waals surface area contributed by atoms with Crippen molar-refractivity contribution in [3.05, 3.63) is 29.8 Å². The van der Waals surface area contributed by atoms with Crippen LogP contribution in [0.4, 0.5) is 0 Å². The van der Waals surface area contributed by atoms with Gasteiger partial charge in [0.25, 0.3) is 0 Å². The van der Waals surface area contributed by atoms with Gasteiger partial charge in [0.05, 0.1) is 17.4 Å². The third kappa shape index (κ3) is 3.87. The van der Waals surface area contributed by atoms with Crippen LogP contribution in [0.2, 0.25) is 0 Å². The van der Waals surface area contributed by atoms with Crippen LogP contribution in [-0.4, -0.2) is 14.3 Å². The van der Waals surface area contributed by atoms with Crippen molar-refractivity contribution in [2.24, 2.45) is 5.14 Å².